The maximum absolute atomic E-state index is 3.77. The second-order valence-electron chi connectivity index (χ2n) is 6.91. The van der Waals surface area contributed by atoms with Gasteiger partial charge in [0.15, 0.2) is 0 Å². The van der Waals surface area contributed by atoms with Crippen LogP contribution in [-0.4, -0.2) is 36.6 Å². The van der Waals surface area contributed by atoms with E-state index in [1.807, 2.05) is 0 Å². The Labute approximate surface area is 115 Å². The Balaban J connectivity index is 2.21. The topological polar surface area (TPSA) is 15.3 Å². The van der Waals surface area contributed by atoms with Crippen molar-refractivity contribution in [3.63, 3.8) is 0 Å². The van der Waals surface area contributed by atoms with Gasteiger partial charge in [0.1, 0.15) is 0 Å². The first-order chi connectivity index (χ1) is 8.49. The molecule has 1 saturated carbocycles. The largest absolute Gasteiger partial charge is 0.313 e. The number of hydrogen-bond donors (Lipinski definition) is 1. The Morgan fingerprint density at radius 3 is 2.44 bits per heavy atom. The lowest BCUT2D eigenvalue weighted by molar-refractivity contribution is 0.191. The van der Waals surface area contributed by atoms with Crippen molar-refractivity contribution < 1.29 is 0 Å². The van der Waals surface area contributed by atoms with Crippen LogP contribution >= 0.6 is 0 Å². The van der Waals surface area contributed by atoms with Crippen LogP contribution in [0.2, 0.25) is 0 Å². The monoisotopic (exact) mass is 254 g/mol. The molecule has 0 radical (unpaired) electrons. The maximum Gasteiger partial charge on any atom is 0.0110 e. The Bertz CT molecular complexity index is 213. The maximum atomic E-state index is 3.77. The van der Waals surface area contributed by atoms with Crippen LogP contribution in [-0.2, 0) is 0 Å². The van der Waals surface area contributed by atoms with Gasteiger partial charge in [0.25, 0.3) is 0 Å². The van der Waals surface area contributed by atoms with Crippen LogP contribution < -0.4 is 5.32 Å². The van der Waals surface area contributed by atoms with E-state index in [0.717, 1.165) is 24.4 Å². The minimum Gasteiger partial charge on any atom is -0.313 e. The third kappa shape index (κ3) is 6.19. The summed E-state index contributed by atoms with van der Waals surface area (Å²) in [6.07, 6.45) is 5.62. The minimum atomic E-state index is 0.666. The number of rotatable bonds is 7. The van der Waals surface area contributed by atoms with Crippen molar-refractivity contribution in [3.8, 4) is 0 Å². The second-order valence-corrected chi connectivity index (χ2v) is 6.91. The van der Waals surface area contributed by atoms with Gasteiger partial charge in [-0.05, 0) is 38.5 Å². The highest BCUT2D eigenvalue weighted by atomic mass is 15.2. The van der Waals surface area contributed by atoms with E-state index in [0.29, 0.717) is 6.04 Å². The average Bonchev–Trinajstić information content (AvgIpc) is 2.27. The quantitative estimate of drug-likeness (QED) is 0.748. The molecule has 0 spiro atoms. The first-order valence-corrected chi connectivity index (χ1v) is 7.96. The van der Waals surface area contributed by atoms with E-state index in [9.17, 15) is 0 Å². The predicted octanol–water partition coefficient (Wildman–Crippen LogP) is 3.52. The van der Waals surface area contributed by atoms with E-state index in [2.05, 4.69) is 44.8 Å². The summed E-state index contributed by atoms with van der Waals surface area (Å²) in [5.41, 5.74) is 0. The molecule has 1 aliphatic rings. The fourth-order valence-corrected chi connectivity index (χ4v) is 3.06. The molecule has 1 fully saturated rings. The molecular formula is C16H34N2. The summed E-state index contributed by atoms with van der Waals surface area (Å²) in [5.74, 6) is 1.69. The zero-order valence-corrected chi connectivity index (χ0v) is 13.2. The Kier molecular flexibility index (Phi) is 7.25. The molecule has 2 atom stereocenters. The molecule has 2 heteroatoms. The van der Waals surface area contributed by atoms with E-state index < -0.39 is 0 Å². The van der Waals surface area contributed by atoms with Crippen LogP contribution in [0.25, 0.3) is 0 Å². The van der Waals surface area contributed by atoms with Crippen LogP contribution in [0, 0.1) is 11.8 Å². The van der Waals surface area contributed by atoms with Crippen molar-refractivity contribution in [2.75, 3.05) is 19.6 Å². The molecule has 2 nitrogen and oxygen atoms in total. The Morgan fingerprint density at radius 2 is 1.89 bits per heavy atom. The van der Waals surface area contributed by atoms with E-state index in [-0.39, 0.29) is 0 Å². The van der Waals surface area contributed by atoms with Crippen molar-refractivity contribution >= 4 is 0 Å². The summed E-state index contributed by atoms with van der Waals surface area (Å²) in [6.45, 7) is 15.2. The van der Waals surface area contributed by atoms with Crippen LogP contribution in [0.3, 0.4) is 0 Å². The third-order valence-electron chi connectivity index (χ3n) is 4.10. The van der Waals surface area contributed by atoms with Gasteiger partial charge in [-0.1, -0.05) is 33.6 Å². The summed E-state index contributed by atoms with van der Waals surface area (Å²) in [4.78, 5) is 2.60. The van der Waals surface area contributed by atoms with E-state index in [4.69, 9.17) is 0 Å². The fourth-order valence-electron chi connectivity index (χ4n) is 3.06. The summed E-state index contributed by atoms with van der Waals surface area (Å²) in [7, 11) is 0. The predicted molar refractivity (Wildman–Crippen MR) is 81.0 cm³/mol. The minimum absolute atomic E-state index is 0.666. The number of nitrogens with zero attached hydrogens (tertiary/aromatic N) is 1. The summed E-state index contributed by atoms with van der Waals surface area (Å²) in [6, 6.07) is 1.45. The molecule has 1 rings (SSSR count). The van der Waals surface area contributed by atoms with Gasteiger partial charge in [-0.2, -0.15) is 0 Å². The van der Waals surface area contributed by atoms with Crippen LogP contribution in [0.5, 0.6) is 0 Å². The molecule has 0 bridgehead atoms. The third-order valence-corrected chi connectivity index (χ3v) is 4.10. The van der Waals surface area contributed by atoms with Crippen LogP contribution in [0.4, 0.5) is 0 Å². The number of hydrogen-bond acceptors (Lipinski definition) is 2. The van der Waals surface area contributed by atoms with Gasteiger partial charge in [-0.15, -0.1) is 0 Å². The molecule has 0 aliphatic heterocycles. The van der Waals surface area contributed by atoms with Gasteiger partial charge in [-0.3, -0.25) is 4.90 Å². The van der Waals surface area contributed by atoms with E-state index in [1.165, 1.54) is 38.8 Å². The van der Waals surface area contributed by atoms with Crippen molar-refractivity contribution in [1.29, 1.82) is 0 Å². The standard InChI is InChI=1S/C16H34N2/c1-13(2)12-18(14(3)4)10-9-17-16-8-6-7-15(5)11-16/h13-17H,6-12H2,1-5H3. The van der Waals surface area contributed by atoms with Crippen LogP contribution in [0.1, 0.15) is 60.3 Å². The second kappa shape index (κ2) is 8.16. The zero-order valence-electron chi connectivity index (χ0n) is 13.2. The zero-order chi connectivity index (χ0) is 13.5. The highest BCUT2D eigenvalue weighted by molar-refractivity contribution is 4.76. The van der Waals surface area contributed by atoms with Crippen LogP contribution in [0.15, 0.2) is 0 Å². The molecule has 1 aliphatic carbocycles. The molecule has 0 amide bonds. The van der Waals surface area contributed by atoms with Gasteiger partial charge in [-0.25, -0.2) is 0 Å². The molecule has 0 heterocycles. The molecule has 1 N–H and O–H groups in total. The lowest BCUT2D eigenvalue weighted by Gasteiger charge is -2.31. The summed E-state index contributed by atoms with van der Waals surface area (Å²) in [5, 5.41) is 3.77. The first-order valence-electron chi connectivity index (χ1n) is 7.96. The molecule has 18 heavy (non-hydrogen) atoms. The normalized spacial score (nSPS) is 25.3. The van der Waals surface area contributed by atoms with E-state index >= 15 is 0 Å². The molecule has 0 aromatic heterocycles. The lowest BCUT2D eigenvalue weighted by Crippen LogP contribution is -2.42. The molecule has 0 saturated heterocycles. The Morgan fingerprint density at radius 1 is 1.17 bits per heavy atom. The van der Waals surface area contributed by atoms with Gasteiger partial charge >= 0.3 is 0 Å². The molecule has 2 unspecified atom stereocenters. The van der Waals surface area contributed by atoms with Crippen molar-refractivity contribution in [1.82, 2.24) is 10.2 Å². The van der Waals surface area contributed by atoms with Gasteiger partial charge < -0.3 is 5.32 Å². The van der Waals surface area contributed by atoms with Gasteiger partial charge in [0, 0.05) is 31.7 Å². The molecule has 0 aromatic carbocycles. The number of nitrogens with one attached hydrogen (secondary N) is 1. The van der Waals surface area contributed by atoms with E-state index in [1.54, 1.807) is 0 Å². The van der Waals surface area contributed by atoms with Gasteiger partial charge in [0.05, 0.1) is 0 Å². The summed E-state index contributed by atoms with van der Waals surface area (Å²) < 4.78 is 0. The smallest absolute Gasteiger partial charge is 0.0110 e. The Hall–Kier alpha value is -0.0800. The lowest BCUT2D eigenvalue weighted by atomic mass is 9.87. The van der Waals surface area contributed by atoms with Crippen molar-refractivity contribution in [2.24, 2.45) is 11.8 Å². The van der Waals surface area contributed by atoms with Crippen molar-refractivity contribution in [2.45, 2.75) is 72.4 Å². The first kappa shape index (κ1) is 16.0. The fraction of sp³-hybridized carbons (Fsp3) is 1.00. The average molecular weight is 254 g/mol. The molecule has 108 valence electrons. The molecule has 0 aromatic rings. The molecular weight excluding hydrogens is 220 g/mol. The highest BCUT2D eigenvalue weighted by Crippen LogP contribution is 2.23. The van der Waals surface area contributed by atoms with Gasteiger partial charge in [0.2, 0.25) is 0 Å². The summed E-state index contributed by atoms with van der Waals surface area (Å²) >= 11 is 0. The highest BCUT2D eigenvalue weighted by Gasteiger charge is 2.18. The van der Waals surface area contributed by atoms with Crippen molar-refractivity contribution in [3.05, 3.63) is 0 Å². The SMILES string of the molecule is CC(C)CN(CCNC1CCCC(C)C1)C(C)C.